The summed E-state index contributed by atoms with van der Waals surface area (Å²) in [5.74, 6) is -0.0829. The first kappa shape index (κ1) is 14.4. The number of aromatic nitrogens is 1. The number of hydrogen-bond donors (Lipinski definition) is 2. The number of anilines is 2. The van der Waals surface area contributed by atoms with Crippen LogP contribution in [-0.2, 0) is 0 Å². The minimum absolute atomic E-state index is 0.0111. The predicted octanol–water partition coefficient (Wildman–Crippen LogP) is 2.44. The lowest BCUT2D eigenvalue weighted by Crippen LogP contribution is -2.13. The minimum atomic E-state index is -0.464. The number of pyridine rings is 1. The number of nitro groups is 1. The van der Waals surface area contributed by atoms with Gasteiger partial charge >= 0.3 is 0 Å². The highest BCUT2D eigenvalue weighted by atomic mass is 16.6. The number of nitrogens with one attached hydrogen (secondary N) is 1. The quantitative estimate of drug-likeness (QED) is 0.665. The van der Waals surface area contributed by atoms with Gasteiger partial charge in [-0.1, -0.05) is 0 Å². The fourth-order valence-corrected chi connectivity index (χ4v) is 1.97. The molecule has 1 amide bonds. The molecule has 0 saturated carbocycles. The summed E-state index contributed by atoms with van der Waals surface area (Å²) < 4.78 is 0. The molecule has 0 radical (unpaired) electrons. The summed E-state index contributed by atoms with van der Waals surface area (Å²) >= 11 is 0. The maximum Gasteiger partial charge on any atom is 0.272 e. The van der Waals surface area contributed by atoms with E-state index in [2.05, 4.69) is 10.3 Å². The number of nitrogen functional groups attached to an aromatic ring is 1. The average Bonchev–Trinajstić information content (AvgIpc) is 2.37. The molecule has 0 saturated heterocycles. The van der Waals surface area contributed by atoms with Crippen molar-refractivity contribution in [2.45, 2.75) is 13.8 Å². The van der Waals surface area contributed by atoms with Crippen molar-refractivity contribution < 1.29 is 9.72 Å². The van der Waals surface area contributed by atoms with Gasteiger partial charge in [-0.25, -0.2) is 4.98 Å². The van der Waals surface area contributed by atoms with E-state index in [-0.39, 0.29) is 17.4 Å². The molecule has 0 aliphatic heterocycles. The van der Waals surface area contributed by atoms with E-state index in [4.69, 9.17) is 5.73 Å². The van der Waals surface area contributed by atoms with E-state index in [1.807, 2.05) is 0 Å². The molecule has 2 rings (SSSR count). The summed E-state index contributed by atoms with van der Waals surface area (Å²) in [7, 11) is 0. The zero-order chi connectivity index (χ0) is 15.6. The summed E-state index contributed by atoms with van der Waals surface area (Å²) in [5.41, 5.74) is 7.59. The molecule has 21 heavy (non-hydrogen) atoms. The van der Waals surface area contributed by atoms with Crippen molar-refractivity contribution in [3.8, 4) is 0 Å². The maximum atomic E-state index is 12.1. The molecular formula is C14H14N4O3. The molecule has 3 N–H and O–H groups in total. The standard InChI is InChI=1S/C14H14N4O3/c1-8-5-11(3-4-12(8)18(20)21)17-14(19)10-6-9(2)16-13(15)7-10/h3-7H,1-2H3,(H2,15,16)(H,17,19). The molecule has 0 atom stereocenters. The van der Waals surface area contributed by atoms with Crippen LogP contribution in [0.2, 0.25) is 0 Å². The Hall–Kier alpha value is -2.96. The smallest absolute Gasteiger partial charge is 0.272 e. The van der Waals surface area contributed by atoms with Crippen molar-refractivity contribution in [2.75, 3.05) is 11.1 Å². The van der Waals surface area contributed by atoms with Gasteiger partial charge < -0.3 is 11.1 Å². The second kappa shape index (κ2) is 5.58. The predicted molar refractivity (Wildman–Crippen MR) is 79.2 cm³/mol. The van der Waals surface area contributed by atoms with Crippen LogP contribution in [0.15, 0.2) is 30.3 Å². The molecule has 2 aromatic rings. The van der Waals surface area contributed by atoms with Crippen LogP contribution in [0.25, 0.3) is 0 Å². The van der Waals surface area contributed by atoms with Gasteiger partial charge in [-0.3, -0.25) is 14.9 Å². The number of nitro benzene ring substituents is 1. The van der Waals surface area contributed by atoms with Gasteiger partial charge in [0, 0.05) is 28.6 Å². The van der Waals surface area contributed by atoms with Crippen LogP contribution in [0.1, 0.15) is 21.6 Å². The molecule has 0 bridgehead atoms. The number of nitrogens with two attached hydrogens (primary N) is 1. The van der Waals surface area contributed by atoms with E-state index >= 15 is 0 Å². The van der Waals surface area contributed by atoms with Crippen LogP contribution in [0, 0.1) is 24.0 Å². The van der Waals surface area contributed by atoms with E-state index < -0.39 is 4.92 Å². The van der Waals surface area contributed by atoms with Crippen molar-refractivity contribution in [3.63, 3.8) is 0 Å². The zero-order valence-electron chi connectivity index (χ0n) is 11.6. The van der Waals surface area contributed by atoms with Gasteiger partial charge in [0.15, 0.2) is 0 Å². The normalized spacial score (nSPS) is 10.2. The first-order chi connectivity index (χ1) is 9.86. The highest BCUT2D eigenvalue weighted by Gasteiger charge is 2.12. The van der Waals surface area contributed by atoms with Gasteiger partial charge in [0.1, 0.15) is 5.82 Å². The monoisotopic (exact) mass is 286 g/mol. The minimum Gasteiger partial charge on any atom is -0.384 e. The van der Waals surface area contributed by atoms with Crippen molar-refractivity contribution >= 4 is 23.1 Å². The molecule has 7 nitrogen and oxygen atoms in total. The zero-order valence-corrected chi connectivity index (χ0v) is 11.6. The summed E-state index contributed by atoms with van der Waals surface area (Å²) in [6, 6.07) is 7.48. The second-order valence-electron chi connectivity index (χ2n) is 4.63. The number of amides is 1. The summed E-state index contributed by atoms with van der Waals surface area (Å²) in [6.45, 7) is 3.35. The molecule has 0 aliphatic rings. The fourth-order valence-electron chi connectivity index (χ4n) is 1.97. The molecule has 1 aromatic heterocycles. The molecule has 1 aromatic carbocycles. The number of carbonyl (C=O) groups excluding carboxylic acids is 1. The molecule has 1 heterocycles. The maximum absolute atomic E-state index is 12.1. The van der Waals surface area contributed by atoms with E-state index in [9.17, 15) is 14.9 Å². The highest BCUT2D eigenvalue weighted by molar-refractivity contribution is 6.04. The number of aryl methyl sites for hydroxylation is 2. The third kappa shape index (κ3) is 3.33. The fraction of sp³-hybridized carbons (Fsp3) is 0.143. The average molecular weight is 286 g/mol. The Bertz CT molecular complexity index is 708. The lowest BCUT2D eigenvalue weighted by atomic mass is 10.1. The van der Waals surface area contributed by atoms with Gasteiger partial charge in [-0.05, 0) is 38.1 Å². The van der Waals surface area contributed by atoms with E-state index in [1.54, 1.807) is 26.0 Å². The first-order valence-electron chi connectivity index (χ1n) is 6.17. The molecule has 0 aliphatic carbocycles. The van der Waals surface area contributed by atoms with E-state index in [1.165, 1.54) is 18.2 Å². The van der Waals surface area contributed by atoms with Crippen molar-refractivity contribution in [1.29, 1.82) is 0 Å². The Morgan fingerprint density at radius 1 is 1.29 bits per heavy atom. The number of carbonyl (C=O) groups is 1. The van der Waals surface area contributed by atoms with Crippen molar-refractivity contribution in [1.82, 2.24) is 4.98 Å². The summed E-state index contributed by atoms with van der Waals surface area (Å²) in [5, 5.41) is 13.4. The van der Waals surface area contributed by atoms with Crippen LogP contribution < -0.4 is 11.1 Å². The van der Waals surface area contributed by atoms with E-state index in [0.29, 0.717) is 22.5 Å². The van der Waals surface area contributed by atoms with Crippen LogP contribution >= 0.6 is 0 Å². The van der Waals surface area contributed by atoms with Gasteiger partial charge in [0.25, 0.3) is 11.6 Å². The largest absolute Gasteiger partial charge is 0.384 e. The lowest BCUT2D eigenvalue weighted by molar-refractivity contribution is -0.385. The number of hydrogen-bond acceptors (Lipinski definition) is 5. The lowest BCUT2D eigenvalue weighted by Gasteiger charge is -2.07. The first-order valence-corrected chi connectivity index (χ1v) is 6.17. The van der Waals surface area contributed by atoms with Crippen LogP contribution in [0.5, 0.6) is 0 Å². The molecule has 0 unspecified atom stereocenters. The van der Waals surface area contributed by atoms with Crippen LogP contribution in [0.4, 0.5) is 17.2 Å². The Labute approximate surface area is 121 Å². The molecule has 108 valence electrons. The Balaban J connectivity index is 2.23. The highest BCUT2D eigenvalue weighted by Crippen LogP contribution is 2.22. The Kier molecular flexibility index (Phi) is 3.84. The van der Waals surface area contributed by atoms with Gasteiger partial charge in [0.2, 0.25) is 0 Å². The Morgan fingerprint density at radius 2 is 2.00 bits per heavy atom. The third-order valence-electron chi connectivity index (χ3n) is 2.89. The van der Waals surface area contributed by atoms with Crippen molar-refractivity contribution in [2.24, 2.45) is 0 Å². The van der Waals surface area contributed by atoms with Gasteiger partial charge in [-0.2, -0.15) is 0 Å². The van der Waals surface area contributed by atoms with Crippen molar-refractivity contribution in [3.05, 3.63) is 57.3 Å². The van der Waals surface area contributed by atoms with Crippen LogP contribution in [0.3, 0.4) is 0 Å². The van der Waals surface area contributed by atoms with Crippen LogP contribution in [-0.4, -0.2) is 15.8 Å². The SMILES string of the molecule is Cc1cc(C(=O)Nc2ccc([N+](=O)[O-])c(C)c2)cc(N)n1. The number of nitrogens with zero attached hydrogens (tertiary/aromatic N) is 2. The molecule has 7 heteroatoms. The van der Waals surface area contributed by atoms with Gasteiger partial charge in [0.05, 0.1) is 4.92 Å². The topological polar surface area (TPSA) is 111 Å². The molecule has 0 spiro atoms. The molecule has 0 fully saturated rings. The summed E-state index contributed by atoms with van der Waals surface area (Å²) in [4.78, 5) is 26.4. The number of rotatable bonds is 3. The van der Waals surface area contributed by atoms with E-state index in [0.717, 1.165) is 0 Å². The molecular weight excluding hydrogens is 272 g/mol. The third-order valence-corrected chi connectivity index (χ3v) is 2.89. The van der Waals surface area contributed by atoms with Gasteiger partial charge in [-0.15, -0.1) is 0 Å². The second-order valence-corrected chi connectivity index (χ2v) is 4.63. The number of benzene rings is 1. The Morgan fingerprint density at radius 3 is 2.57 bits per heavy atom. The summed E-state index contributed by atoms with van der Waals surface area (Å²) in [6.07, 6.45) is 0.